The van der Waals surface area contributed by atoms with Gasteiger partial charge >= 0.3 is 0 Å². The summed E-state index contributed by atoms with van der Waals surface area (Å²) in [6.45, 7) is 3.69. The quantitative estimate of drug-likeness (QED) is 0.447. The lowest BCUT2D eigenvalue weighted by Crippen LogP contribution is -2.24. The Labute approximate surface area is 168 Å². The fourth-order valence-electron chi connectivity index (χ4n) is 3.56. The molecule has 7 nitrogen and oxygen atoms in total. The van der Waals surface area contributed by atoms with Crippen LogP contribution in [0.25, 0.3) is 39.5 Å². The summed E-state index contributed by atoms with van der Waals surface area (Å²) in [6.07, 6.45) is 1.48. The Hall–Kier alpha value is -3.88. The first-order valence-electron chi connectivity index (χ1n) is 9.25. The van der Waals surface area contributed by atoms with E-state index in [2.05, 4.69) is 15.1 Å². The summed E-state index contributed by atoms with van der Waals surface area (Å²) in [5.74, 6) is -0.502. The Balaban J connectivity index is 1.76. The highest BCUT2D eigenvalue weighted by Gasteiger charge is 2.22. The van der Waals surface area contributed by atoms with Crippen LogP contribution in [0.5, 0.6) is 0 Å². The molecule has 0 bridgehead atoms. The van der Waals surface area contributed by atoms with Gasteiger partial charge in [-0.3, -0.25) is 9.20 Å². The highest BCUT2D eigenvalue weighted by atomic mass is 19.1. The molecule has 0 amide bonds. The van der Waals surface area contributed by atoms with Crippen LogP contribution in [0.3, 0.4) is 0 Å². The first-order valence-corrected chi connectivity index (χ1v) is 9.25. The summed E-state index contributed by atoms with van der Waals surface area (Å²) in [5, 5.41) is 3.95. The maximum absolute atomic E-state index is 13.9. The average molecular weight is 407 g/mol. The van der Waals surface area contributed by atoms with E-state index in [1.54, 1.807) is 10.5 Å². The molecule has 5 rings (SSSR count). The molecule has 0 aliphatic rings. The van der Waals surface area contributed by atoms with Gasteiger partial charge in [-0.05, 0) is 56.3 Å². The largest absolute Gasteiger partial charge is 0.334 e. The monoisotopic (exact) mass is 407 g/mol. The summed E-state index contributed by atoms with van der Waals surface area (Å²) in [7, 11) is 0. The molecule has 9 heteroatoms. The number of hydrogen-bond acceptors (Lipinski definition) is 5. The lowest BCUT2D eigenvalue weighted by molar-refractivity contribution is 0.432. The minimum Gasteiger partial charge on any atom is -0.334 e. The van der Waals surface area contributed by atoms with Gasteiger partial charge in [-0.2, -0.15) is 4.98 Å². The summed E-state index contributed by atoms with van der Waals surface area (Å²) in [6, 6.07) is 9.66. The number of hydrogen-bond donors (Lipinski definition) is 0. The van der Waals surface area contributed by atoms with Crippen molar-refractivity contribution >= 4 is 16.6 Å². The number of fused-ring (bicyclic) bond motifs is 3. The Morgan fingerprint density at radius 1 is 1.00 bits per heavy atom. The molecule has 150 valence electrons. The number of nitrogens with zero attached hydrogens (tertiary/aromatic N) is 5. The molecule has 30 heavy (non-hydrogen) atoms. The number of benzene rings is 2. The fourth-order valence-corrected chi connectivity index (χ4v) is 3.56. The van der Waals surface area contributed by atoms with Crippen LogP contribution in [-0.2, 0) is 0 Å². The molecular weight excluding hydrogens is 392 g/mol. The van der Waals surface area contributed by atoms with E-state index in [9.17, 15) is 13.6 Å². The van der Waals surface area contributed by atoms with Gasteiger partial charge in [0.05, 0.1) is 11.0 Å². The minimum absolute atomic E-state index is 0.130. The topological polar surface area (TPSA) is 78.2 Å². The van der Waals surface area contributed by atoms with Gasteiger partial charge in [0.2, 0.25) is 5.82 Å². The predicted octanol–water partition coefficient (Wildman–Crippen LogP) is 4.23. The Morgan fingerprint density at radius 3 is 2.47 bits per heavy atom. The number of aromatic nitrogens is 5. The van der Waals surface area contributed by atoms with E-state index in [1.807, 2.05) is 13.8 Å². The molecule has 3 aromatic heterocycles. The summed E-state index contributed by atoms with van der Waals surface area (Å²) < 4.78 is 35.4. The number of rotatable bonds is 3. The molecule has 0 spiro atoms. The van der Waals surface area contributed by atoms with Crippen molar-refractivity contribution in [3.05, 3.63) is 70.8 Å². The molecule has 0 saturated carbocycles. The number of halogens is 2. The molecule has 0 aliphatic heterocycles. The van der Waals surface area contributed by atoms with Crippen LogP contribution in [0, 0.1) is 11.6 Å². The summed E-state index contributed by atoms with van der Waals surface area (Å²) in [4.78, 5) is 22.0. The highest BCUT2D eigenvalue weighted by molar-refractivity contribution is 5.84. The molecule has 0 aliphatic carbocycles. The van der Waals surface area contributed by atoms with Gasteiger partial charge in [0.15, 0.2) is 0 Å². The van der Waals surface area contributed by atoms with Crippen molar-refractivity contribution in [3.63, 3.8) is 0 Å². The minimum atomic E-state index is -0.432. The van der Waals surface area contributed by atoms with E-state index in [-0.39, 0.29) is 40.3 Å². The van der Waals surface area contributed by atoms with Crippen molar-refractivity contribution in [2.75, 3.05) is 0 Å². The smallest absolute Gasteiger partial charge is 0.278 e. The lowest BCUT2D eigenvalue weighted by Gasteiger charge is -2.15. The summed E-state index contributed by atoms with van der Waals surface area (Å²) in [5.41, 5.74) is 1.79. The molecule has 5 aromatic rings. The van der Waals surface area contributed by atoms with Crippen molar-refractivity contribution in [2.45, 2.75) is 19.9 Å². The molecule has 0 saturated heterocycles. The van der Waals surface area contributed by atoms with E-state index in [4.69, 9.17) is 4.52 Å². The molecule has 0 atom stereocenters. The fraction of sp³-hybridized carbons (Fsp3) is 0.143. The third kappa shape index (κ3) is 2.70. The third-order valence-corrected chi connectivity index (χ3v) is 4.89. The Kier molecular flexibility index (Phi) is 3.99. The van der Waals surface area contributed by atoms with Gasteiger partial charge in [-0.25, -0.2) is 13.8 Å². The maximum Gasteiger partial charge on any atom is 0.278 e. The normalized spacial score (nSPS) is 11.8. The molecule has 0 unspecified atom stereocenters. The first kappa shape index (κ1) is 18.2. The van der Waals surface area contributed by atoms with Crippen LogP contribution in [-0.4, -0.2) is 24.1 Å². The maximum atomic E-state index is 13.9. The van der Waals surface area contributed by atoms with E-state index < -0.39 is 5.82 Å². The van der Waals surface area contributed by atoms with Gasteiger partial charge in [0, 0.05) is 11.6 Å². The van der Waals surface area contributed by atoms with E-state index in [1.165, 1.54) is 47.3 Å². The highest BCUT2D eigenvalue weighted by Crippen LogP contribution is 2.26. The molecule has 0 radical (unpaired) electrons. The zero-order chi connectivity index (χ0) is 21.0. The Morgan fingerprint density at radius 2 is 1.73 bits per heavy atom. The van der Waals surface area contributed by atoms with Crippen molar-refractivity contribution in [3.8, 4) is 23.0 Å². The number of imidazole rings is 1. The standard InChI is InChI=1S/C21H15F2N5O2/c1-11(2)28-16-9-14(23)7-8-15(16)27-10-24-17(18(27)21(28)29)19-25-20(30-26-19)12-3-5-13(22)6-4-12/h3-11H,1-2H3. The van der Waals surface area contributed by atoms with Gasteiger partial charge < -0.3 is 9.09 Å². The van der Waals surface area contributed by atoms with Crippen LogP contribution in [0.2, 0.25) is 0 Å². The molecular formula is C21H15F2N5O2. The van der Waals surface area contributed by atoms with Gasteiger partial charge in [0.1, 0.15) is 29.2 Å². The molecule has 0 fully saturated rings. The zero-order valence-electron chi connectivity index (χ0n) is 16.0. The molecule has 2 aromatic carbocycles. The third-order valence-electron chi connectivity index (χ3n) is 4.89. The van der Waals surface area contributed by atoms with Gasteiger partial charge in [-0.1, -0.05) is 5.16 Å². The van der Waals surface area contributed by atoms with Crippen LogP contribution >= 0.6 is 0 Å². The van der Waals surface area contributed by atoms with Crippen molar-refractivity contribution in [1.82, 2.24) is 24.1 Å². The van der Waals surface area contributed by atoms with E-state index >= 15 is 0 Å². The second kappa shape index (κ2) is 6.58. The van der Waals surface area contributed by atoms with Crippen molar-refractivity contribution in [1.29, 1.82) is 0 Å². The summed E-state index contributed by atoms with van der Waals surface area (Å²) >= 11 is 0. The average Bonchev–Trinajstić information content (AvgIpc) is 3.35. The van der Waals surface area contributed by atoms with Gasteiger partial charge in [-0.15, -0.1) is 0 Å². The van der Waals surface area contributed by atoms with E-state index in [0.717, 1.165) is 0 Å². The van der Waals surface area contributed by atoms with Crippen LogP contribution < -0.4 is 5.56 Å². The predicted molar refractivity (Wildman–Crippen MR) is 106 cm³/mol. The molecule has 3 heterocycles. The molecule has 0 N–H and O–H groups in total. The van der Waals surface area contributed by atoms with E-state index in [0.29, 0.717) is 16.6 Å². The Bertz CT molecular complexity index is 1470. The second-order valence-electron chi connectivity index (χ2n) is 7.14. The zero-order valence-corrected chi connectivity index (χ0v) is 16.0. The van der Waals surface area contributed by atoms with Crippen LogP contribution in [0.4, 0.5) is 8.78 Å². The van der Waals surface area contributed by atoms with Crippen molar-refractivity contribution < 1.29 is 13.3 Å². The van der Waals surface area contributed by atoms with Crippen LogP contribution in [0.1, 0.15) is 19.9 Å². The SMILES string of the molecule is CC(C)n1c(=O)c2c(-c3noc(-c4ccc(F)cc4)n3)ncn2c2ccc(F)cc21. The van der Waals surface area contributed by atoms with Crippen LogP contribution in [0.15, 0.2) is 58.1 Å². The first-order chi connectivity index (χ1) is 14.4. The van der Waals surface area contributed by atoms with Crippen molar-refractivity contribution in [2.24, 2.45) is 0 Å². The van der Waals surface area contributed by atoms with Gasteiger partial charge in [0.25, 0.3) is 11.4 Å². The second-order valence-corrected chi connectivity index (χ2v) is 7.14. The lowest BCUT2D eigenvalue weighted by atomic mass is 10.2.